The topological polar surface area (TPSA) is 61.6 Å². The van der Waals surface area contributed by atoms with Gasteiger partial charge in [-0.05, 0) is 57.0 Å². The number of oxazole rings is 1. The molecule has 6 nitrogen and oxygen atoms in total. The fourth-order valence-electron chi connectivity index (χ4n) is 3.78. The van der Waals surface area contributed by atoms with Gasteiger partial charge in [0.05, 0.1) is 5.69 Å². The summed E-state index contributed by atoms with van der Waals surface area (Å²) in [7, 11) is 0. The van der Waals surface area contributed by atoms with Gasteiger partial charge >= 0.3 is 6.03 Å². The molecule has 2 amide bonds. The molecule has 1 aliphatic heterocycles. The highest BCUT2D eigenvalue weighted by atomic mass is 16.4. The summed E-state index contributed by atoms with van der Waals surface area (Å²) >= 11 is 0. The molecule has 6 heteroatoms. The number of aromatic nitrogens is 1. The van der Waals surface area contributed by atoms with Gasteiger partial charge < -0.3 is 14.6 Å². The summed E-state index contributed by atoms with van der Waals surface area (Å²) in [5, 5.41) is 3.06. The van der Waals surface area contributed by atoms with Gasteiger partial charge in [0, 0.05) is 44.0 Å². The minimum Gasteiger partial charge on any atom is -0.441 e. The summed E-state index contributed by atoms with van der Waals surface area (Å²) in [4.78, 5) is 21.6. The average molecular weight is 419 g/mol. The number of benzene rings is 2. The van der Waals surface area contributed by atoms with Crippen LogP contribution in [0.5, 0.6) is 0 Å². The van der Waals surface area contributed by atoms with Gasteiger partial charge in [0.2, 0.25) is 5.89 Å². The van der Waals surface area contributed by atoms with Gasteiger partial charge in [-0.3, -0.25) is 4.90 Å². The van der Waals surface area contributed by atoms with E-state index in [9.17, 15) is 4.79 Å². The third kappa shape index (κ3) is 4.97. The third-order valence-corrected chi connectivity index (χ3v) is 5.86. The predicted molar refractivity (Wildman–Crippen MR) is 123 cm³/mol. The SMILES string of the molecule is Cc1ccc(-c2nc(CN3CCN(C(=O)Nc4cc(C)ccc4C)CC3)c(C)o2)cc1. The highest BCUT2D eigenvalue weighted by Crippen LogP contribution is 2.23. The molecule has 0 unspecified atom stereocenters. The first kappa shape index (κ1) is 21.1. The number of amides is 2. The molecule has 2 aromatic carbocycles. The van der Waals surface area contributed by atoms with E-state index in [-0.39, 0.29) is 6.03 Å². The first-order valence-corrected chi connectivity index (χ1v) is 10.8. The number of carbonyl (C=O) groups excluding carboxylic acids is 1. The minimum absolute atomic E-state index is 0.0346. The lowest BCUT2D eigenvalue weighted by molar-refractivity contribution is 0.141. The zero-order valence-corrected chi connectivity index (χ0v) is 18.7. The van der Waals surface area contributed by atoms with Gasteiger partial charge in [-0.15, -0.1) is 0 Å². The van der Waals surface area contributed by atoms with Crippen molar-refractivity contribution in [2.45, 2.75) is 34.2 Å². The molecule has 0 saturated carbocycles. The number of hydrogen-bond donors (Lipinski definition) is 1. The van der Waals surface area contributed by atoms with Gasteiger partial charge in [-0.25, -0.2) is 9.78 Å². The highest BCUT2D eigenvalue weighted by Gasteiger charge is 2.23. The Morgan fingerprint density at radius 3 is 2.35 bits per heavy atom. The second-order valence-electron chi connectivity index (χ2n) is 8.40. The Hall–Kier alpha value is -3.12. The van der Waals surface area contributed by atoms with Crippen molar-refractivity contribution in [3.8, 4) is 11.5 Å². The van der Waals surface area contributed by atoms with Crippen molar-refractivity contribution in [3.63, 3.8) is 0 Å². The van der Waals surface area contributed by atoms with Crippen LogP contribution >= 0.6 is 0 Å². The molecule has 2 heterocycles. The molecule has 162 valence electrons. The maximum absolute atomic E-state index is 12.7. The van der Waals surface area contributed by atoms with Gasteiger partial charge in [0.15, 0.2) is 0 Å². The summed E-state index contributed by atoms with van der Waals surface area (Å²) < 4.78 is 5.92. The van der Waals surface area contributed by atoms with Crippen LogP contribution in [0.25, 0.3) is 11.5 Å². The monoisotopic (exact) mass is 418 g/mol. The number of rotatable bonds is 4. The number of urea groups is 1. The van der Waals surface area contributed by atoms with Crippen LogP contribution in [0.4, 0.5) is 10.5 Å². The number of piperazine rings is 1. The molecule has 1 saturated heterocycles. The van der Waals surface area contributed by atoms with E-state index in [1.807, 2.05) is 49.9 Å². The first-order valence-electron chi connectivity index (χ1n) is 10.8. The van der Waals surface area contributed by atoms with E-state index in [1.54, 1.807) is 0 Å². The molecule has 1 aliphatic rings. The van der Waals surface area contributed by atoms with E-state index >= 15 is 0 Å². The molecular weight excluding hydrogens is 388 g/mol. The van der Waals surface area contributed by atoms with Crippen molar-refractivity contribution in [3.05, 3.63) is 70.6 Å². The van der Waals surface area contributed by atoms with Crippen LogP contribution in [0, 0.1) is 27.7 Å². The molecule has 0 bridgehead atoms. The fraction of sp³-hybridized carbons (Fsp3) is 0.360. The molecule has 0 radical (unpaired) electrons. The summed E-state index contributed by atoms with van der Waals surface area (Å²) in [5.41, 5.74) is 6.26. The molecule has 3 aromatic rings. The molecule has 0 aliphatic carbocycles. The lowest BCUT2D eigenvalue weighted by Gasteiger charge is -2.34. The standard InChI is InChI=1S/C25H30N4O2/c1-17-6-9-21(10-7-17)24-26-23(20(4)31-24)16-28-11-13-29(14-12-28)25(30)27-22-15-18(2)5-8-19(22)3/h5-10,15H,11-14,16H2,1-4H3,(H,27,30). The summed E-state index contributed by atoms with van der Waals surface area (Å²) in [6.07, 6.45) is 0. The quantitative estimate of drug-likeness (QED) is 0.653. The van der Waals surface area contributed by atoms with Crippen LogP contribution in [0.1, 0.15) is 28.1 Å². The van der Waals surface area contributed by atoms with E-state index in [2.05, 4.69) is 35.3 Å². The molecule has 1 fully saturated rings. The van der Waals surface area contributed by atoms with Gasteiger partial charge in [0.25, 0.3) is 0 Å². The smallest absolute Gasteiger partial charge is 0.321 e. The Labute approximate surface area is 183 Å². The van der Waals surface area contributed by atoms with Crippen molar-refractivity contribution in [1.29, 1.82) is 0 Å². The number of nitrogens with zero attached hydrogens (tertiary/aromatic N) is 3. The molecule has 4 rings (SSSR count). The first-order chi connectivity index (χ1) is 14.9. The lowest BCUT2D eigenvalue weighted by Crippen LogP contribution is -2.49. The third-order valence-electron chi connectivity index (χ3n) is 5.86. The van der Waals surface area contributed by atoms with Crippen LogP contribution < -0.4 is 5.32 Å². The molecular formula is C25H30N4O2. The maximum atomic E-state index is 12.7. The number of anilines is 1. The normalized spacial score (nSPS) is 14.6. The van der Waals surface area contributed by atoms with Crippen molar-refractivity contribution in [1.82, 2.24) is 14.8 Å². The van der Waals surface area contributed by atoms with Crippen molar-refractivity contribution in [2.24, 2.45) is 0 Å². The van der Waals surface area contributed by atoms with Crippen molar-refractivity contribution >= 4 is 11.7 Å². The van der Waals surface area contributed by atoms with Crippen molar-refractivity contribution in [2.75, 3.05) is 31.5 Å². The Bertz CT molecular complexity index is 1060. The Kier molecular flexibility index (Phi) is 6.09. The van der Waals surface area contributed by atoms with Gasteiger partial charge in [-0.1, -0.05) is 29.8 Å². The summed E-state index contributed by atoms with van der Waals surface area (Å²) in [6.45, 7) is 11.8. The van der Waals surface area contributed by atoms with Gasteiger partial charge in [0.1, 0.15) is 5.76 Å². The molecule has 1 aromatic heterocycles. The molecule has 31 heavy (non-hydrogen) atoms. The zero-order valence-electron chi connectivity index (χ0n) is 18.7. The Morgan fingerprint density at radius 1 is 0.968 bits per heavy atom. The second kappa shape index (κ2) is 8.94. The Balaban J connectivity index is 1.33. The van der Waals surface area contributed by atoms with E-state index in [0.717, 1.165) is 53.5 Å². The number of nitrogens with one attached hydrogen (secondary N) is 1. The largest absolute Gasteiger partial charge is 0.441 e. The Morgan fingerprint density at radius 2 is 1.65 bits per heavy atom. The molecule has 1 N–H and O–H groups in total. The number of hydrogen-bond acceptors (Lipinski definition) is 4. The molecule has 0 spiro atoms. The summed E-state index contributed by atoms with van der Waals surface area (Å²) in [6, 6.07) is 14.3. The average Bonchev–Trinajstić information content (AvgIpc) is 3.12. The fourth-order valence-corrected chi connectivity index (χ4v) is 3.78. The zero-order chi connectivity index (χ0) is 22.0. The van der Waals surface area contributed by atoms with Crippen LogP contribution in [0.2, 0.25) is 0 Å². The predicted octanol–water partition coefficient (Wildman–Crippen LogP) is 4.92. The lowest BCUT2D eigenvalue weighted by atomic mass is 10.1. The maximum Gasteiger partial charge on any atom is 0.321 e. The van der Waals surface area contributed by atoms with Crippen molar-refractivity contribution < 1.29 is 9.21 Å². The van der Waals surface area contributed by atoms with Gasteiger partial charge in [-0.2, -0.15) is 0 Å². The second-order valence-corrected chi connectivity index (χ2v) is 8.40. The van der Waals surface area contributed by atoms with E-state index in [0.29, 0.717) is 19.0 Å². The van der Waals surface area contributed by atoms with E-state index in [1.165, 1.54) is 5.56 Å². The van der Waals surface area contributed by atoms with E-state index < -0.39 is 0 Å². The van der Waals surface area contributed by atoms with Crippen LogP contribution in [0.3, 0.4) is 0 Å². The number of carbonyl (C=O) groups is 1. The van der Waals surface area contributed by atoms with E-state index in [4.69, 9.17) is 9.40 Å². The minimum atomic E-state index is -0.0346. The van der Waals surface area contributed by atoms with Crippen LogP contribution in [-0.4, -0.2) is 47.0 Å². The summed E-state index contributed by atoms with van der Waals surface area (Å²) in [5.74, 6) is 1.52. The molecule has 0 atom stereocenters. The van der Waals surface area contributed by atoms with Crippen LogP contribution in [0.15, 0.2) is 46.9 Å². The highest BCUT2D eigenvalue weighted by molar-refractivity contribution is 5.90. The van der Waals surface area contributed by atoms with Crippen LogP contribution in [-0.2, 0) is 6.54 Å². The number of aryl methyl sites for hydroxylation is 4.